The second-order valence-corrected chi connectivity index (χ2v) is 13.8. The Bertz CT molecular complexity index is 791. The highest BCUT2D eigenvalue weighted by molar-refractivity contribution is 5.38. The van der Waals surface area contributed by atoms with Crippen molar-refractivity contribution in [1.82, 2.24) is 0 Å². The minimum absolute atomic E-state index is 0.291. The Morgan fingerprint density at radius 3 is 2.19 bits per heavy atom. The number of fused-ring (bicyclic) bond motifs is 1. The number of aliphatic hydroxyl groups is 4. The Morgan fingerprint density at radius 1 is 1.00 bits per heavy atom. The largest absolute Gasteiger partial charge is 0.393 e. The van der Waals surface area contributed by atoms with Crippen LogP contribution in [0.5, 0.6) is 0 Å². The average molecular weight is 503 g/mol. The second-order valence-electron chi connectivity index (χ2n) is 13.8. The minimum Gasteiger partial charge on any atom is -0.393 e. The third kappa shape index (κ3) is 7.79. The Balaban J connectivity index is 1.77. The lowest BCUT2D eigenvalue weighted by atomic mass is 9.60. The molecule has 0 saturated heterocycles. The summed E-state index contributed by atoms with van der Waals surface area (Å²) in [5.41, 5.74) is 2.36. The molecular weight excluding hydrogens is 448 g/mol. The molecule has 0 aliphatic heterocycles. The van der Waals surface area contributed by atoms with E-state index < -0.39 is 23.4 Å². The molecule has 3 aliphatic rings. The summed E-state index contributed by atoms with van der Waals surface area (Å²) in [5, 5.41) is 40.9. The molecule has 0 unspecified atom stereocenters. The molecule has 36 heavy (non-hydrogen) atoms. The SMILES string of the molecule is C=C1/C(=C\C=C2/CCC[C@]3(C)[C@@H](C(CCCC(C)(C)O)CCCC(C)(C)O)CC[C@@H]23)C[C@H](O)C[C@@H]1O. The van der Waals surface area contributed by atoms with E-state index in [1.54, 1.807) is 0 Å². The fourth-order valence-electron chi connectivity index (χ4n) is 7.66. The smallest absolute Gasteiger partial charge is 0.0811 e. The van der Waals surface area contributed by atoms with Crippen LogP contribution in [0.4, 0.5) is 0 Å². The van der Waals surface area contributed by atoms with E-state index in [4.69, 9.17) is 0 Å². The molecule has 0 aromatic rings. The van der Waals surface area contributed by atoms with Crippen molar-refractivity contribution in [2.75, 3.05) is 0 Å². The summed E-state index contributed by atoms with van der Waals surface area (Å²) in [4.78, 5) is 0. The Kier molecular flexibility index (Phi) is 9.74. The van der Waals surface area contributed by atoms with Gasteiger partial charge in [-0.05, 0) is 113 Å². The molecule has 3 fully saturated rings. The lowest BCUT2D eigenvalue weighted by Gasteiger charge is -2.45. The number of hydrogen-bond acceptors (Lipinski definition) is 4. The predicted molar refractivity (Wildman–Crippen MR) is 149 cm³/mol. The van der Waals surface area contributed by atoms with E-state index in [1.807, 2.05) is 27.7 Å². The first-order valence-corrected chi connectivity index (χ1v) is 14.6. The molecule has 5 atom stereocenters. The zero-order valence-corrected chi connectivity index (χ0v) is 23.7. The maximum Gasteiger partial charge on any atom is 0.0811 e. The van der Waals surface area contributed by atoms with E-state index in [-0.39, 0.29) is 0 Å². The van der Waals surface area contributed by atoms with E-state index in [2.05, 4.69) is 25.7 Å². The van der Waals surface area contributed by atoms with Gasteiger partial charge in [-0.1, -0.05) is 56.9 Å². The molecule has 3 aliphatic carbocycles. The lowest BCUT2D eigenvalue weighted by Crippen LogP contribution is -2.37. The van der Waals surface area contributed by atoms with Gasteiger partial charge in [0.25, 0.3) is 0 Å². The standard InChI is InChI=1S/C32H54O4/c1-22-25(20-26(33)21-29(22)34)14-13-24-12-9-19-32(6)27(15-16-28(24)32)23(10-7-17-30(2,3)35)11-8-18-31(4,5)36/h13-14,23,26-29,33-36H,1,7-12,15-21H2,2-6H3/b24-13+,25-14-/t26-,27+,28-,29-,32+/m0/s1. The molecule has 0 heterocycles. The molecule has 0 amide bonds. The van der Waals surface area contributed by atoms with Crippen molar-refractivity contribution >= 4 is 0 Å². The Morgan fingerprint density at radius 2 is 1.61 bits per heavy atom. The first kappa shape index (κ1) is 29.6. The average Bonchev–Trinajstić information content (AvgIpc) is 3.10. The van der Waals surface area contributed by atoms with Crippen molar-refractivity contribution in [2.45, 2.75) is 141 Å². The summed E-state index contributed by atoms with van der Waals surface area (Å²) in [6, 6.07) is 0. The van der Waals surface area contributed by atoms with Gasteiger partial charge in [-0.2, -0.15) is 0 Å². The zero-order chi connectivity index (χ0) is 26.7. The van der Waals surface area contributed by atoms with Crippen molar-refractivity contribution in [3.8, 4) is 0 Å². The van der Waals surface area contributed by atoms with Gasteiger partial charge >= 0.3 is 0 Å². The monoisotopic (exact) mass is 502 g/mol. The van der Waals surface area contributed by atoms with E-state index in [0.29, 0.717) is 36.0 Å². The molecule has 0 aromatic heterocycles. The maximum atomic E-state index is 10.3. The van der Waals surface area contributed by atoms with Gasteiger partial charge in [-0.15, -0.1) is 0 Å². The van der Waals surface area contributed by atoms with Crippen LogP contribution in [0.1, 0.15) is 118 Å². The van der Waals surface area contributed by atoms with E-state index in [1.165, 1.54) is 31.3 Å². The van der Waals surface area contributed by atoms with Gasteiger partial charge in [0.15, 0.2) is 0 Å². The summed E-state index contributed by atoms with van der Waals surface area (Å²) in [7, 11) is 0. The van der Waals surface area contributed by atoms with Crippen LogP contribution in [0.3, 0.4) is 0 Å². The van der Waals surface area contributed by atoms with Crippen molar-refractivity contribution in [3.05, 3.63) is 35.5 Å². The minimum atomic E-state index is -0.639. The molecule has 0 aromatic carbocycles. The normalized spacial score (nSPS) is 34.1. The third-order valence-corrected chi connectivity index (χ3v) is 9.60. The first-order valence-electron chi connectivity index (χ1n) is 14.6. The molecule has 4 heteroatoms. The van der Waals surface area contributed by atoms with Crippen LogP contribution in [0, 0.1) is 23.2 Å². The zero-order valence-electron chi connectivity index (χ0n) is 23.7. The third-order valence-electron chi connectivity index (χ3n) is 9.60. The van der Waals surface area contributed by atoms with E-state index >= 15 is 0 Å². The van der Waals surface area contributed by atoms with Crippen LogP contribution in [0.15, 0.2) is 35.5 Å². The van der Waals surface area contributed by atoms with Crippen molar-refractivity contribution in [2.24, 2.45) is 23.2 Å². The van der Waals surface area contributed by atoms with Crippen LogP contribution in [0.2, 0.25) is 0 Å². The van der Waals surface area contributed by atoms with Crippen molar-refractivity contribution in [1.29, 1.82) is 0 Å². The summed E-state index contributed by atoms with van der Waals surface area (Å²) < 4.78 is 0. The summed E-state index contributed by atoms with van der Waals surface area (Å²) in [5.74, 6) is 1.90. The molecule has 0 spiro atoms. The number of aliphatic hydroxyl groups excluding tert-OH is 2. The fourth-order valence-corrected chi connectivity index (χ4v) is 7.66. The number of hydrogen-bond donors (Lipinski definition) is 4. The van der Waals surface area contributed by atoms with Crippen molar-refractivity contribution in [3.63, 3.8) is 0 Å². The number of allylic oxidation sites excluding steroid dienone is 3. The summed E-state index contributed by atoms with van der Waals surface area (Å²) >= 11 is 0. The van der Waals surface area contributed by atoms with Gasteiger partial charge in [0, 0.05) is 6.42 Å². The second kappa shape index (κ2) is 11.8. The Labute approximate surface area is 220 Å². The highest BCUT2D eigenvalue weighted by Crippen LogP contribution is 2.60. The van der Waals surface area contributed by atoms with E-state index in [0.717, 1.165) is 56.1 Å². The molecule has 4 N–H and O–H groups in total. The van der Waals surface area contributed by atoms with Crippen molar-refractivity contribution < 1.29 is 20.4 Å². The van der Waals surface area contributed by atoms with Gasteiger partial charge in [0.1, 0.15) is 0 Å². The van der Waals surface area contributed by atoms with Gasteiger partial charge in [-0.25, -0.2) is 0 Å². The molecule has 206 valence electrons. The quantitative estimate of drug-likeness (QED) is 0.270. The Hall–Kier alpha value is -0.940. The molecule has 3 rings (SSSR count). The highest BCUT2D eigenvalue weighted by atomic mass is 16.3. The first-order chi connectivity index (χ1) is 16.7. The summed E-state index contributed by atoms with van der Waals surface area (Å²) in [6.07, 6.45) is 16.5. The van der Waals surface area contributed by atoms with Gasteiger partial charge in [0.05, 0.1) is 23.4 Å². The summed E-state index contributed by atoms with van der Waals surface area (Å²) in [6.45, 7) is 14.3. The van der Waals surface area contributed by atoms with Crippen LogP contribution in [0.25, 0.3) is 0 Å². The van der Waals surface area contributed by atoms with Gasteiger partial charge in [0.2, 0.25) is 0 Å². The van der Waals surface area contributed by atoms with Gasteiger partial charge < -0.3 is 20.4 Å². The molecule has 4 nitrogen and oxygen atoms in total. The topological polar surface area (TPSA) is 80.9 Å². The van der Waals surface area contributed by atoms with E-state index in [9.17, 15) is 20.4 Å². The van der Waals surface area contributed by atoms with Crippen LogP contribution >= 0.6 is 0 Å². The van der Waals surface area contributed by atoms with Crippen LogP contribution in [-0.4, -0.2) is 43.8 Å². The predicted octanol–water partition coefficient (Wildman–Crippen LogP) is 6.63. The molecule has 0 radical (unpaired) electrons. The molecular formula is C32H54O4. The fraction of sp³-hybridized carbons (Fsp3) is 0.812. The van der Waals surface area contributed by atoms with Gasteiger partial charge in [-0.3, -0.25) is 0 Å². The highest BCUT2D eigenvalue weighted by Gasteiger charge is 2.51. The molecule has 3 saturated carbocycles. The van der Waals surface area contributed by atoms with Crippen LogP contribution < -0.4 is 0 Å². The number of rotatable bonds is 10. The maximum absolute atomic E-state index is 10.3. The van der Waals surface area contributed by atoms with Crippen LogP contribution in [-0.2, 0) is 0 Å². The lowest BCUT2D eigenvalue weighted by molar-refractivity contribution is 0.0480. The molecule has 0 bridgehead atoms.